The Morgan fingerprint density at radius 2 is 1.78 bits per heavy atom. The summed E-state index contributed by atoms with van der Waals surface area (Å²) in [5, 5.41) is 10.9. The van der Waals surface area contributed by atoms with Crippen LogP contribution in [0.2, 0.25) is 0 Å². The van der Waals surface area contributed by atoms with Crippen molar-refractivity contribution in [3.8, 4) is 22.1 Å². The van der Waals surface area contributed by atoms with E-state index in [-0.39, 0.29) is 5.91 Å². The number of ether oxygens (including phenoxy) is 2. The second-order valence-corrected chi connectivity index (χ2v) is 8.10. The van der Waals surface area contributed by atoms with Crippen LogP contribution in [0.15, 0.2) is 48.5 Å². The largest absolute Gasteiger partial charge is 0.493 e. The number of hydrogen-bond acceptors (Lipinski definition) is 7. The van der Waals surface area contributed by atoms with Crippen LogP contribution in [0.4, 0.5) is 0 Å². The quantitative estimate of drug-likeness (QED) is 0.441. The molecule has 0 saturated carbocycles. The number of aromatic nitrogens is 4. The van der Waals surface area contributed by atoms with Crippen LogP contribution in [0.25, 0.3) is 10.6 Å². The number of carbonyl (C=O) groups excluding carboxylic acids is 1. The minimum absolute atomic E-state index is 0.233. The summed E-state index contributed by atoms with van der Waals surface area (Å²) in [5.74, 6) is 2.19. The van der Waals surface area contributed by atoms with Crippen LogP contribution in [0, 0.1) is 13.8 Å². The lowest BCUT2D eigenvalue weighted by Crippen LogP contribution is -2.30. The fraction of sp³-hybridized carbons (Fsp3) is 0.217. The molecule has 0 aliphatic heterocycles. The Morgan fingerprint density at radius 1 is 1.03 bits per heavy atom. The molecule has 2 aromatic heterocycles. The third kappa shape index (κ3) is 4.33. The predicted octanol–water partition coefficient (Wildman–Crippen LogP) is 4.08. The Kier molecular flexibility index (Phi) is 6.18. The van der Waals surface area contributed by atoms with E-state index in [0.29, 0.717) is 33.7 Å². The lowest BCUT2D eigenvalue weighted by Gasteiger charge is -2.16. The van der Waals surface area contributed by atoms with Gasteiger partial charge in [-0.15, -0.1) is 11.3 Å². The third-order valence-electron chi connectivity index (χ3n) is 4.91. The minimum Gasteiger partial charge on any atom is -0.493 e. The number of carbonyl (C=O) groups is 1. The molecule has 9 heteroatoms. The average molecular weight is 450 g/mol. The fourth-order valence-corrected chi connectivity index (χ4v) is 4.29. The van der Waals surface area contributed by atoms with Crippen molar-refractivity contribution in [3.05, 3.63) is 76.3 Å². The van der Waals surface area contributed by atoms with E-state index in [9.17, 15) is 4.79 Å². The maximum Gasteiger partial charge on any atom is 0.264 e. The highest BCUT2D eigenvalue weighted by atomic mass is 32.1. The van der Waals surface area contributed by atoms with Crippen LogP contribution in [-0.4, -0.2) is 40.3 Å². The lowest BCUT2D eigenvalue weighted by atomic mass is 10.1. The maximum atomic E-state index is 13.2. The topological polar surface area (TPSA) is 102 Å². The van der Waals surface area contributed by atoms with E-state index < -0.39 is 6.04 Å². The van der Waals surface area contributed by atoms with E-state index >= 15 is 0 Å². The summed E-state index contributed by atoms with van der Waals surface area (Å²) in [5.41, 5.74) is 2.39. The summed E-state index contributed by atoms with van der Waals surface area (Å²) in [6, 6.07) is 14.7. The van der Waals surface area contributed by atoms with Gasteiger partial charge in [-0.25, -0.2) is 9.97 Å². The molecule has 2 heterocycles. The molecule has 0 aliphatic carbocycles. The Balaban J connectivity index is 1.64. The summed E-state index contributed by atoms with van der Waals surface area (Å²) in [6.45, 7) is 3.65. The van der Waals surface area contributed by atoms with Gasteiger partial charge in [0.2, 0.25) is 0 Å². The molecule has 8 nitrogen and oxygen atoms in total. The predicted molar refractivity (Wildman–Crippen MR) is 122 cm³/mol. The van der Waals surface area contributed by atoms with Gasteiger partial charge in [0.15, 0.2) is 17.3 Å². The van der Waals surface area contributed by atoms with Crippen LogP contribution in [-0.2, 0) is 0 Å². The average Bonchev–Trinajstić information content (AvgIpc) is 3.43. The van der Waals surface area contributed by atoms with Crippen LogP contribution in [0.1, 0.15) is 38.6 Å². The Morgan fingerprint density at radius 3 is 2.44 bits per heavy atom. The van der Waals surface area contributed by atoms with Crippen molar-refractivity contribution in [3.63, 3.8) is 0 Å². The molecule has 2 N–H and O–H groups in total. The summed E-state index contributed by atoms with van der Waals surface area (Å²) in [4.78, 5) is 22.8. The molecule has 0 radical (unpaired) electrons. The van der Waals surface area contributed by atoms with E-state index in [2.05, 4.69) is 25.5 Å². The van der Waals surface area contributed by atoms with Crippen LogP contribution < -0.4 is 14.8 Å². The van der Waals surface area contributed by atoms with Gasteiger partial charge >= 0.3 is 0 Å². The zero-order valence-corrected chi connectivity index (χ0v) is 19.0. The second kappa shape index (κ2) is 9.19. The van der Waals surface area contributed by atoms with Gasteiger partial charge < -0.3 is 14.8 Å². The molecule has 0 saturated heterocycles. The number of rotatable bonds is 7. The molecule has 0 spiro atoms. The smallest absolute Gasteiger partial charge is 0.264 e. The van der Waals surface area contributed by atoms with Gasteiger partial charge in [0.25, 0.3) is 5.91 Å². The molecule has 0 fully saturated rings. The highest BCUT2D eigenvalue weighted by Crippen LogP contribution is 2.35. The second-order valence-electron chi connectivity index (χ2n) is 7.10. The van der Waals surface area contributed by atoms with Crippen LogP contribution >= 0.6 is 11.3 Å². The molecule has 4 aromatic rings. The number of thiazole rings is 1. The van der Waals surface area contributed by atoms with Crippen molar-refractivity contribution in [2.75, 3.05) is 14.2 Å². The number of H-pyrrole nitrogens is 1. The third-order valence-corrected chi connectivity index (χ3v) is 6.12. The van der Waals surface area contributed by atoms with Crippen molar-refractivity contribution in [1.29, 1.82) is 0 Å². The molecule has 1 unspecified atom stereocenters. The fourth-order valence-electron chi connectivity index (χ4n) is 3.33. The van der Waals surface area contributed by atoms with E-state index in [1.54, 1.807) is 14.2 Å². The van der Waals surface area contributed by atoms with Gasteiger partial charge in [0.05, 0.1) is 19.9 Å². The molecule has 164 valence electrons. The molecule has 32 heavy (non-hydrogen) atoms. The van der Waals surface area contributed by atoms with E-state index in [4.69, 9.17) is 9.47 Å². The first kappa shape index (κ1) is 21.5. The Hall–Kier alpha value is -3.72. The SMILES string of the molecule is COc1ccc(-c2nc(C)c(C(=O)NC(c3ccccc3)c3n[nH]c(C)n3)s2)cc1OC. The highest BCUT2D eigenvalue weighted by Gasteiger charge is 2.24. The molecule has 2 aromatic carbocycles. The molecule has 1 atom stereocenters. The molecule has 0 aliphatic rings. The van der Waals surface area contributed by atoms with Gasteiger partial charge in [-0.1, -0.05) is 30.3 Å². The first-order valence-electron chi connectivity index (χ1n) is 9.94. The molecule has 4 rings (SSSR count). The molecular weight excluding hydrogens is 426 g/mol. The summed E-state index contributed by atoms with van der Waals surface area (Å²) >= 11 is 1.32. The van der Waals surface area contributed by atoms with Crippen molar-refractivity contribution >= 4 is 17.2 Å². The van der Waals surface area contributed by atoms with E-state index in [1.165, 1.54) is 11.3 Å². The standard InChI is InChI=1S/C23H23N5O3S/c1-13-20(32-23(24-13)16-10-11-17(30-3)18(12-16)31-4)22(29)26-19(15-8-6-5-7-9-15)21-25-14(2)27-28-21/h5-12,19H,1-4H3,(H,26,29)(H,25,27,28). The number of nitrogens with one attached hydrogen (secondary N) is 2. The first-order chi connectivity index (χ1) is 15.5. The van der Waals surface area contributed by atoms with Gasteiger partial charge in [-0.2, -0.15) is 5.10 Å². The van der Waals surface area contributed by atoms with Crippen molar-refractivity contribution in [2.24, 2.45) is 0 Å². The summed E-state index contributed by atoms with van der Waals surface area (Å²) in [7, 11) is 3.18. The first-order valence-corrected chi connectivity index (χ1v) is 10.8. The number of aromatic amines is 1. The van der Waals surface area contributed by atoms with Crippen molar-refractivity contribution in [2.45, 2.75) is 19.9 Å². The molecular formula is C23H23N5O3S. The lowest BCUT2D eigenvalue weighted by molar-refractivity contribution is 0.0945. The van der Waals surface area contributed by atoms with Gasteiger partial charge in [0.1, 0.15) is 21.8 Å². The van der Waals surface area contributed by atoms with Gasteiger partial charge in [0, 0.05) is 5.56 Å². The number of hydrogen-bond donors (Lipinski definition) is 2. The number of nitrogens with zero attached hydrogens (tertiary/aromatic N) is 3. The monoisotopic (exact) mass is 449 g/mol. The zero-order chi connectivity index (χ0) is 22.7. The summed E-state index contributed by atoms with van der Waals surface area (Å²) in [6.07, 6.45) is 0. The molecule has 0 bridgehead atoms. The number of benzene rings is 2. The minimum atomic E-state index is -0.486. The van der Waals surface area contributed by atoms with E-state index in [0.717, 1.165) is 16.1 Å². The normalized spacial score (nSPS) is 11.8. The number of amides is 1. The number of methoxy groups -OCH3 is 2. The zero-order valence-electron chi connectivity index (χ0n) is 18.2. The van der Waals surface area contributed by atoms with Crippen LogP contribution in [0.5, 0.6) is 11.5 Å². The number of aryl methyl sites for hydroxylation is 2. The Bertz CT molecular complexity index is 1240. The van der Waals surface area contributed by atoms with Crippen molar-refractivity contribution < 1.29 is 14.3 Å². The van der Waals surface area contributed by atoms with Gasteiger partial charge in [-0.05, 0) is 37.6 Å². The summed E-state index contributed by atoms with van der Waals surface area (Å²) < 4.78 is 10.7. The Labute approximate surface area is 189 Å². The van der Waals surface area contributed by atoms with Gasteiger partial charge in [-0.3, -0.25) is 9.89 Å². The van der Waals surface area contributed by atoms with Crippen LogP contribution in [0.3, 0.4) is 0 Å². The molecule has 1 amide bonds. The maximum absolute atomic E-state index is 13.2. The highest BCUT2D eigenvalue weighted by molar-refractivity contribution is 7.17. The van der Waals surface area contributed by atoms with E-state index in [1.807, 2.05) is 62.4 Å². The van der Waals surface area contributed by atoms with Crippen molar-refractivity contribution in [1.82, 2.24) is 25.5 Å².